The van der Waals surface area contributed by atoms with Crippen molar-refractivity contribution in [1.29, 1.82) is 0 Å². The number of benzene rings is 1. The molecule has 0 aromatic heterocycles. The van der Waals surface area contributed by atoms with Crippen molar-refractivity contribution in [2.24, 2.45) is 0 Å². The first-order valence-corrected chi connectivity index (χ1v) is 6.19. The number of aryl methyl sites for hydroxylation is 1. The molecule has 4 heteroatoms. The Morgan fingerprint density at radius 1 is 1.39 bits per heavy atom. The SMILES string of the molecule is Cc1ccc(C(=O)O)c(OCC2(O)CCCC2)c1. The molecule has 2 N–H and O–H groups in total. The second kappa shape index (κ2) is 4.98. The minimum atomic E-state index is -1.01. The molecule has 18 heavy (non-hydrogen) atoms. The van der Waals surface area contributed by atoms with Crippen LogP contribution in [0.3, 0.4) is 0 Å². The molecule has 0 atom stereocenters. The maximum Gasteiger partial charge on any atom is 0.339 e. The molecule has 2 rings (SSSR count). The summed E-state index contributed by atoms with van der Waals surface area (Å²) in [4.78, 5) is 11.1. The Morgan fingerprint density at radius 2 is 2.06 bits per heavy atom. The lowest BCUT2D eigenvalue weighted by atomic mass is 10.0. The van der Waals surface area contributed by atoms with Crippen LogP contribution < -0.4 is 4.74 Å². The molecule has 98 valence electrons. The predicted molar refractivity (Wildman–Crippen MR) is 67.1 cm³/mol. The van der Waals surface area contributed by atoms with Gasteiger partial charge in [0.25, 0.3) is 0 Å². The van der Waals surface area contributed by atoms with Gasteiger partial charge in [-0.25, -0.2) is 4.79 Å². The summed E-state index contributed by atoms with van der Waals surface area (Å²) in [7, 11) is 0. The Hall–Kier alpha value is -1.55. The summed E-state index contributed by atoms with van der Waals surface area (Å²) in [5.74, 6) is -0.675. The molecule has 0 radical (unpaired) electrons. The first-order valence-electron chi connectivity index (χ1n) is 6.19. The molecule has 1 aliphatic carbocycles. The van der Waals surface area contributed by atoms with Gasteiger partial charge in [-0.15, -0.1) is 0 Å². The molecule has 0 aliphatic heterocycles. The fourth-order valence-corrected chi connectivity index (χ4v) is 2.32. The summed E-state index contributed by atoms with van der Waals surface area (Å²) in [6, 6.07) is 4.97. The monoisotopic (exact) mass is 250 g/mol. The lowest BCUT2D eigenvalue weighted by Crippen LogP contribution is -2.32. The van der Waals surface area contributed by atoms with E-state index in [1.165, 1.54) is 6.07 Å². The minimum Gasteiger partial charge on any atom is -0.490 e. The van der Waals surface area contributed by atoms with Crippen LogP contribution in [0.4, 0.5) is 0 Å². The summed E-state index contributed by atoms with van der Waals surface area (Å²) in [6.07, 6.45) is 3.45. The van der Waals surface area contributed by atoms with Crippen LogP contribution in [0.1, 0.15) is 41.6 Å². The zero-order valence-electron chi connectivity index (χ0n) is 10.5. The van der Waals surface area contributed by atoms with Crippen molar-refractivity contribution >= 4 is 5.97 Å². The smallest absolute Gasteiger partial charge is 0.339 e. The van der Waals surface area contributed by atoms with Gasteiger partial charge in [0.2, 0.25) is 0 Å². The second-order valence-electron chi connectivity index (χ2n) is 5.02. The summed E-state index contributed by atoms with van der Waals surface area (Å²) < 4.78 is 5.54. The van der Waals surface area contributed by atoms with E-state index in [0.29, 0.717) is 5.75 Å². The van der Waals surface area contributed by atoms with Crippen molar-refractivity contribution in [2.75, 3.05) is 6.61 Å². The van der Waals surface area contributed by atoms with Gasteiger partial charge in [0.15, 0.2) is 0 Å². The van der Waals surface area contributed by atoms with Crippen LogP contribution >= 0.6 is 0 Å². The average molecular weight is 250 g/mol. The maximum absolute atomic E-state index is 11.1. The number of carbonyl (C=O) groups is 1. The molecule has 0 amide bonds. The van der Waals surface area contributed by atoms with E-state index in [1.807, 2.05) is 6.92 Å². The number of carboxylic acid groups (broad SMARTS) is 1. The number of aliphatic hydroxyl groups is 1. The van der Waals surface area contributed by atoms with Gasteiger partial charge in [-0.2, -0.15) is 0 Å². The van der Waals surface area contributed by atoms with Crippen LogP contribution in [0.2, 0.25) is 0 Å². The first kappa shape index (κ1) is 12.9. The Kier molecular flexibility index (Phi) is 3.57. The van der Waals surface area contributed by atoms with Crippen molar-refractivity contribution in [3.63, 3.8) is 0 Å². The van der Waals surface area contributed by atoms with Crippen molar-refractivity contribution < 1.29 is 19.7 Å². The molecular formula is C14H18O4. The van der Waals surface area contributed by atoms with Crippen LogP contribution in [0.15, 0.2) is 18.2 Å². The van der Waals surface area contributed by atoms with E-state index in [0.717, 1.165) is 31.2 Å². The molecule has 1 fully saturated rings. The number of aromatic carboxylic acids is 1. The highest BCUT2D eigenvalue weighted by molar-refractivity contribution is 5.90. The average Bonchev–Trinajstić information content (AvgIpc) is 2.74. The van der Waals surface area contributed by atoms with E-state index in [2.05, 4.69) is 0 Å². The van der Waals surface area contributed by atoms with Crippen molar-refractivity contribution in [3.05, 3.63) is 29.3 Å². The molecule has 0 spiro atoms. The molecule has 1 aromatic carbocycles. The fraction of sp³-hybridized carbons (Fsp3) is 0.500. The summed E-state index contributed by atoms with van der Waals surface area (Å²) in [5.41, 5.74) is 0.287. The van der Waals surface area contributed by atoms with Gasteiger partial charge in [0.05, 0.1) is 5.60 Å². The normalized spacial score (nSPS) is 17.7. The van der Waals surface area contributed by atoms with E-state index in [-0.39, 0.29) is 12.2 Å². The van der Waals surface area contributed by atoms with Gasteiger partial charge < -0.3 is 14.9 Å². The van der Waals surface area contributed by atoms with Gasteiger partial charge in [-0.05, 0) is 37.5 Å². The fourth-order valence-electron chi connectivity index (χ4n) is 2.32. The van der Waals surface area contributed by atoms with Gasteiger partial charge in [-0.3, -0.25) is 0 Å². The molecule has 0 bridgehead atoms. The summed E-state index contributed by atoms with van der Waals surface area (Å²) in [6.45, 7) is 2.04. The highest BCUT2D eigenvalue weighted by Gasteiger charge is 2.32. The Morgan fingerprint density at radius 3 is 2.67 bits per heavy atom. The van der Waals surface area contributed by atoms with Gasteiger partial charge >= 0.3 is 5.97 Å². The lowest BCUT2D eigenvalue weighted by molar-refractivity contribution is 0.000888. The second-order valence-corrected chi connectivity index (χ2v) is 5.02. The Labute approximate surface area is 106 Å². The highest BCUT2D eigenvalue weighted by atomic mass is 16.5. The zero-order valence-corrected chi connectivity index (χ0v) is 10.5. The van der Waals surface area contributed by atoms with E-state index in [9.17, 15) is 9.90 Å². The van der Waals surface area contributed by atoms with E-state index in [1.54, 1.807) is 12.1 Å². The van der Waals surface area contributed by atoms with Crippen molar-refractivity contribution in [2.45, 2.75) is 38.2 Å². The predicted octanol–water partition coefficient (Wildman–Crippen LogP) is 2.38. The molecule has 4 nitrogen and oxygen atoms in total. The molecule has 0 saturated heterocycles. The minimum absolute atomic E-state index is 0.141. The van der Waals surface area contributed by atoms with Crippen LogP contribution in [-0.4, -0.2) is 28.4 Å². The summed E-state index contributed by atoms with van der Waals surface area (Å²) in [5, 5.41) is 19.2. The van der Waals surface area contributed by atoms with Crippen LogP contribution in [0.25, 0.3) is 0 Å². The van der Waals surface area contributed by atoms with Crippen LogP contribution in [0, 0.1) is 6.92 Å². The number of hydrogen-bond donors (Lipinski definition) is 2. The number of ether oxygens (including phenoxy) is 1. The zero-order chi connectivity index (χ0) is 13.2. The van der Waals surface area contributed by atoms with E-state index >= 15 is 0 Å². The first-order chi connectivity index (χ1) is 8.50. The van der Waals surface area contributed by atoms with Gasteiger partial charge in [0, 0.05) is 0 Å². The molecular weight excluding hydrogens is 232 g/mol. The largest absolute Gasteiger partial charge is 0.490 e. The third kappa shape index (κ3) is 2.82. The highest BCUT2D eigenvalue weighted by Crippen LogP contribution is 2.31. The topological polar surface area (TPSA) is 66.8 Å². The van der Waals surface area contributed by atoms with Gasteiger partial charge in [0.1, 0.15) is 17.9 Å². The van der Waals surface area contributed by atoms with Gasteiger partial charge in [-0.1, -0.05) is 18.9 Å². The molecule has 1 aliphatic rings. The third-order valence-corrected chi connectivity index (χ3v) is 3.40. The lowest BCUT2D eigenvalue weighted by Gasteiger charge is -2.22. The van der Waals surface area contributed by atoms with E-state index < -0.39 is 11.6 Å². The standard InChI is InChI=1S/C14H18O4/c1-10-4-5-11(13(15)16)12(8-10)18-9-14(17)6-2-3-7-14/h4-5,8,17H,2-3,6-7,9H2,1H3,(H,15,16). The third-order valence-electron chi connectivity index (χ3n) is 3.40. The molecule has 1 saturated carbocycles. The molecule has 0 heterocycles. The number of hydrogen-bond acceptors (Lipinski definition) is 3. The molecule has 0 unspecified atom stereocenters. The van der Waals surface area contributed by atoms with E-state index in [4.69, 9.17) is 9.84 Å². The maximum atomic E-state index is 11.1. The van der Waals surface area contributed by atoms with Crippen molar-refractivity contribution in [1.82, 2.24) is 0 Å². The van der Waals surface area contributed by atoms with Crippen molar-refractivity contribution in [3.8, 4) is 5.75 Å². The summed E-state index contributed by atoms with van der Waals surface area (Å²) >= 11 is 0. The number of carboxylic acids is 1. The van der Waals surface area contributed by atoms with Crippen LogP contribution in [-0.2, 0) is 0 Å². The molecule has 1 aromatic rings. The quantitative estimate of drug-likeness (QED) is 0.861. The Bertz CT molecular complexity index is 447. The number of rotatable bonds is 4. The Balaban J connectivity index is 2.12. The van der Waals surface area contributed by atoms with Crippen LogP contribution in [0.5, 0.6) is 5.75 Å².